The molecule has 0 radical (unpaired) electrons. The lowest BCUT2D eigenvalue weighted by Crippen LogP contribution is -2.41. The summed E-state index contributed by atoms with van der Waals surface area (Å²) in [5.74, 6) is -0.841. The number of benzene rings is 2. The second-order valence-electron chi connectivity index (χ2n) is 8.96. The van der Waals surface area contributed by atoms with Crippen LogP contribution in [0.3, 0.4) is 0 Å². The minimum Gasteiger partial charge on any atom is -0.493 e. The van der Waals surface area contributed by atoms with Crippen molar-refractivity contribution in [2.45, 2.75) is 18.6 Å². The van der Waals surface area contributed by atoms with E-state index >= 15 is 0 Å². The summed E-state index contributed by atoms with van der Waals surface area (Å²) >= 11 is 0. The summed E-state index contributed by atoms with van der Waals surface area (Å²) in [5.41, 5.74) is 0.888. The molecule has 0 saturated carbocycles. The Kier molecular flexibility index (Phi) is 5.83. The van der Waals surface area contributed by atoms with Gasteiger partial charge in [-0.2, -0.15) is 0 Å². The van der Waals surface area contributed by atoms with Crippen molar-refractivity contribution in [3.05, 3.63) is 48.6 Å². The van der Waals surface area contributed by atoms with E-state index in [-0.39, 0.29) is 17.7 Å². The lowest BCUT2D eigenvalue weighted by Gasteiger charge is -2.24. The molecule has 36 heavy (non-hydrogen) atoms. The van der Waals surface area contributed by atoms with Crippen molar-refractivity contribution in [3.63, 3.8) is 0 Å². The van der Waals surface area contributed by atoms with Crippen LogP contribution in [0.4, 0.5) is 17.1 Å². The van der Waals surface area contributed by atoms with E-state index < -0.39 is 23.5 Å². The number of carbonyl (C=O) groups excluding carboxylic acids is 3. The average Bonchev–Trinajstić information content (AvgIpc) is 3.51. The maximum atomic E-state index is 13.6. The largest absolute Gasteiger partial charge is 0.493 e. The topological polar surface area (TPSA) is 115 Å². The van der Waals surface area contributed by atoms with Crippen LogP contribution in [0.1, 0.15) is 6.92 Å². The predicted molar refractivity (Wildman–Crippen MR) is 132 cm³/mol. The maximum absolute atomic E-state index is 13.6. The first-order valence-corrected chi connectivity index (χ1v) is 11.5. The Labute approximate surface area is 208 Å². The van der Waals surface area contributed by atoms with E-state index in [0.717, 1.165) is 0 Å². The van der Waals surface area contributed by atoms with E-state index in [1.807, 2.05) is 12.2 Å². The molecule has 2 saturated heterocycles. The van der Waals surface area contributed by atoms with Gasteiger partial charge in [-0.25, -0.2) is 0 Å². The number of ether oxygens (including phenoxy) is 4. The molecule has 0 aromatic heterocycles. The van der Waals surface area contributed by atoms with Crippen LogP contribution in [-0.2, 0) is 19.1 Å². The highest BCUT2D eigenvalue weighted by Crippen LogP contribution is 2.53. The summed E-state index contributed by atoms with van der Waals surface area (Å²) in [7, 11) is 4.49. The molecule has 188 valence electrons. The maximum Gasteiger partial charge on any atom is 0.234 e. The highest BCUT2D eigenvalue weighted by molar-refractivity contribution is 6.05. The molecule has 0 aliphatic carbocycles. The minimum absolute atomic E-state index is 0.176. The van der Waals surface area contributed by atoms with Crippen molar-refractivity contribution in [2.24, 2.45) is 11.8 Å². The Morgan fingerprint density at radius 1 is 1.00 bits per heavy atom. The zero-order valence-corrected chi connectivity index (χ0v) is 20.4. The molecule has 1 spiro atoms. The third-order valence-electron chi connectivity index (χ3n) is 6.83. The molecular formula is C26H27N3O7. The molecule has 5 rings (SSSR count). The van der Waals surface area contributed by atoms with Crippen molar-refractivity contribution in [2.75, 3.05) is 43.4 Å². The molecule has 10 heteroatoms. The zero-order valence-electron chi connectivity index (χ0n) is 20.4. The summed E-state index contributed by atoms with van der Waals surface area (Å²) in [6, 6.07) is 10.3. The second-order valence-corrected chi connectivity index (χ2v) is 8.96. The Morgan fingerprint density at radius 2 is 1.67 bits per heavy atom. The number of methoxy groups -OCH3 is 3. The number of carbonyl (C=O) groups is 3. The quantitative estimate of drug-likeness (QED) is 0.570. The molecular weight excluding hydrogens is 466 g/mol. The first-order valence-electron chi connectivity index (χ1n) is 11.5. The summed E-state index contributed by atoms with van der Waals surface area (Å²) < 4.78 is 22.3. The number of nitrogens with zero attached hydrogens (tertiary/aromatic N) is 1. The molecule has 10 nitrogen and oxygen atoms in total. The molecule has 3 heterocycles. The van der Waals surface area contributed by atoms with Gasteiger partial charge >= 0.3 is 0 Å². The third-order valence-corrected chi connectivity index (χ3v) is 6.83. The summed E-state index contributed by atoms with van der Waals surface area (Å²) in [4.78, 5) is 40.0. The van der Waals surface area contributed by atoms with Gasteiger partial charge in [0.15, 0.2) is 11.5 Å². The average molecular weight is 494 g/mol. The number of hydrogen-bond acceptors (Lipinski definition) is 7. The molecule has 3 amide bonds. The highest BCUT2D eigenvalue weighted by Gasteiger charge is 2.67. The highest BCUT2D eigenvalue weighted by atomic mass is 16.5. The smallest absolute Gasteiger partial charge is 0.234 e. The van der Waals surface area contributed by atoms with Crippen LogP contribution in [0.15, 0.2) is 48.6 Å². The molecule has 2 fully saturated rings. The molecule has 3 aliphatic rings. The van der Waals surface area contributed by atoms with Crippen LogP contribution in [0.5, 0.6) is 17.2 Å². The van der Waals surface area contributed by atoms with Gasteiger partial charge in [-0.1, -0.05) is 12.2 Å². The molecule has 2 bridgehead atoms. The van der Waals surface area contributed by atoms with Gasteiger partial charge in [0.05, 0.1) is 45.8 Å². The fraction of sp³-hybridized carbons (Fsp3) is 0.346. The zero-order chi connectivity index (χ0) is 25.6. The van der Waals surface area contributed by atoms with Gasteiger partial charge < -0.3 is 34.5 Å². The van der Waals surface area contributed by atoms with Crippen LogP contribution < -0.4 is 29.7 Å². The summed E-state index contributed by atoms with van der Waals surface area (Å²) in [5, 5.41) is 5.61. The first kappa shape index (κ1) is 23.7. The number of amides is 3. The van der Waals surface area contributed by atoms with Crippen LogP contribution in [0, 0.1) is 11.8 Å². The van der Waals surface area contributed by atoms with Gasteiger partial charge in [-0.05, 0) is 24.3 Å². The standard InChI is InChI=1S/C26H27N3O7/c1-14(30)27-15-5-7-17(8-6-15)29-13-26-10-9-18(36-26)21(22(26)25(29)32)24(31)28-16-11-19(33-2)23(35-4)20(12-16)34-3/h5-12,18,21-22H,13H2,1-4H3,(H,27,30)(H,28,31)/t18-,21?,22?,26?/m1/s1. The molecule has 3 aliphatic heterocycles. The van der Waals surface area contributed by atoms with Gasteiger partial charge in [-0.3, -0.25) is 14.4 Å². The molecule has 2 aromatic carbocycles. The van der Waals surface area contributed by atoms with Crippen molar-refractivity contribution in [3.8, 4) is 17.2 Å². The van der Waals surface area contributed by atoms with Gasteiger partial charge in [0, 0.05) is 36.1 Å². The minimum atomic E-state index is -0.866. The Hall–Kier alpha value is -4.05. The van der Waals surface area contributed by atoms with Gasteiger partial charge in [0.25, 0.3) is 0 Å². The fourth-order valence-electron chi connectivity index (χ4n) is 5.32. The van der Waals surface area contributed by atoms with Gasteiger partial charge in [0.2, 0.25) is 23.5 Å². The molecule has 2 N–H and O–H groups in total. The number of anilines is 3. The van der Waals surface area contributed by atoms with Crippen LogP contribution in [0.2, 0.25) is 0 Å². The molecule has 3 unspecified atom stereocenters. The Morgan fingerprint density at radius 3 is 2.25 bits per heavy atom. The van der Waals surface area contributed by atoms with Crippen molar-refractivity contribution in [1.29, 1.82) is 0 Å². The van der Waals surface area contributed by atoms with Gasteiger partial charge in [-0.15, -0.1) is 0 Å². The van der Waals surface area contributed by atoms with Crippen molar-refractivity contribution in [1.82, 2.24) is 0 Å². The van der Waals surface area contributed by atoms with E-state index in [9.17, 15) is 14.4 Å². The van der Waals surface area contributed by atoms with E-state index in [1.165, 1.54) is 28.3 Å². The van der Waals surface area contributed by atoms with Crippen LogP contribution in [-0.4, -0.2) is 57.3 Å². The first-order chi connectivity index (χ1) is 17.3. The Balaban J connectivity index is 1.39. The van der Waals surface area contributed by atoms with Crippen molar-refractivity contribution < 1.29 is 33.3 Å². The monoisotopic (exact) mass is 493 g/mol. The van der Waals surface area contributed by atoms with Crippen LogP contribution in [0.25, 0.3) is 0 Å². The lowest BCUT2D eigenvalue weighted by atomic mass is 9.77. The third kappa shape index (κ3) is 3.74. The normalized spacial score (nSPS) is 25.5. The second kappa shape index (κ2) is 8.87. The fourth-order valence-corrected chi connectivity index (χ4v) is 5.32. The number of nitrogens with one attached hydrogen (secondary N) is 2. The lowest BCUT2D eigenvalue weighted by molar-refractivity contribution is -0.128. The van der Waals surface area contributed by atoms with E-state index in [4.69, 9.17) is 18.9 Å². The van der Waals surface area contributed by atoms with E-state index in [0.29, 0.717) is 40.9 Å². The van der Waals surface area contributed by atoms with E-state index in [1.54, 1.807) is 41.3 Å². The SMILES string of the molecule is COc1cc(NC(=O)C2C3C(=O)N(c4ccc(NC(C)=O)cc4)CC34C=C[C@H]2O4)cc(OC)c1OC. The Bertz CT molecular complexity index is 1230. The summed E-state index contributed by atoms with van der Waals surface area (Å²) in [6.45, 7) is 1.73. The van der Waals surface area contributed by atoms with E-state index in [2.05, 4.69) is 10.6 Å². The molecule has 2 aromatic rings. The summed E-state index contributed by atoms with van der Waals surface area (Å²) in [6.07, 6.45) is 3.26. The van der Waals surface area contributed by atoms with Gasteiger partial charge in [0.1, 0.15) is 5.60 Å². The van der Waals surface area contributed by atoms with Crippen LogP contribution >= 0.6 is 0 Å². The number of hydrogen-bond donors (Lipinski definition) is 2. The molecule has 4 atom stereocenters. The number of fused-ring (bicyclic) bond motifs is 1. The predicted octanol–water partition coefficient (Wildman–Crippen LogP) is 2.60. The number of rotatable bonds is 7. The van der Waals surface area contributed by atoms with Crippen molar-refractivity contribution >= 4 is 34.8 Å².